The van der Waals surface area contributed by atoms with Crippen LogP contribution in [0.4, 0.5) is 4.39 Å². The van der Waals surface area contributed by atoms with Crippen molar-refractivity contribution >= 4 is 16.7 Å². The lowest BCUT2D eigenvalue weighted by atomic mass is 9.90. The quantitative estimate of drug-likeness (QED) is 0.672. The summed E-state index contributed by atoms with van der Waals surface area (Å²) in [6.07, 6.45) is 1.19. The van der Waals surface area contributed by atoms with E-state index in [1.54, 1.807) is 6.07 Å². The summed E-state index contributed by atoms with van der Waals surface area (Å²) in [6.45, 7) is 1.31. The summed E-state index contributed by atoms with van der Waals surface area (Å²) < 4.78 is 19.6. The number of carboxylic acids is 1. The molecule has 29 heavy (non-hydrogen) atoms. The predicted molar refractivity (Wildman–Crippen MR) is 111 cm³/mol. The standard InChI is InChI=1S/C24H24FNO3/c1-29-22-9-8-20(15-21(22)25)23(26-12-10-17(11-13-26)24(27)28)19-7-6-16-4-2-3-5-18(16)14-19/h2-9,14-15,17,23H,10-13H2,1H3,(H,27,28). The van der Waals surface area contributed by atoms with Crippen LogP contribution >= 0.6 is 0 Å². The summed E-state index contributed by atoms with van der Waals surface area (Å²) in [5.41, 5.74) is 1.91. The van der Waals surface area contributed by atoms with Crippen LogP contribution in [0.15, 0.2) is 60.7 Å². The molecule has 4 rings (SSSR count). The van der Waals surface area contributed by atoms with Crippen LogP contribution in [0.5, 0.6) is 5.75 Å². The number of hydrogen-bond donors (Lipinski definition) is 1. The number of rotatable bonds is 5. The number of hydrogen-bond acceptors (Lipinski definition) is 3. The Morgan fingerprint density at radius 2 is 1.69 bits per heavy atom. The van der Waals surface area contributed by atoms with Gasteiger partial charge in [-0.15, -0.1) is 0 Å². The van der Waals surface area contributed by atoms with E-state index in [1.165, 1.54) is 13.2 Å². The van der Waals surface area contributed by atoms with Gasteiger partial charge in [0.2, 0.25) is 0 Å². The van der Waals surface area contributed by atoms with Crippen molar-refractivity contribution in [3.05, 3.63) is 77.6 Å². The SMILES string of the molecule is COc1ccc(C(c2ccc3ccccc3c2)N2CCC(C(=O)O)CC2)cc1F. The molecule has 1 unspecified atom stereocenters. The van der Waals surface area contributed by atoms with Crippen molar-refractivity contribution in [1.29, 1.82) is 0 Å². The van der Waals surface area contributed by atoms with E-state index < -0.39 is 11.8 Å². The fourth-order valence-corrected chi connectivity index (χ4v) is 4.25. The highest BCUT2D eigenvalue weighted by atomic mass is 19.1. The van der Waals surface area contributed by atoms with Crippen LogP contribution < -0.4 is 4.74 Å². The lowest BCUT2D eigenvalue weighted by Gasteiger charge is -2.37. The number of methoxy groups -OCH3 is 1. The van der Waals surface area contributed by atoms with Gasteiger partial charge in [0, 0.05) is 0 Å². The van der Waals surface area contributed by atoms with E-state index in [9.17, 15) is 14.3 Å². The van der Waals surface area contributed by atoms with Gasteiger partial charge in [0.25, 0.3) is 0 Å². The summed E-state index contributed by atoms with van der Waals surface area (Å²) >= 11 is 0. The van der Waals surface area contributed by atoms with E-state index in [2.05, 4.69) is 35.2 Å². The summed E-state index contributed by atoms with van der Waals surface area (Å²) in [5.74, 6) is -1.22. The summed E-state index contributed by atoms with van der Waals surface area (Å²) in [5, 5.41) is 11.6. The van der Waals surface area contributed by atoms with Crippen LogP contribution in [0.1, 0.15) is 30.0 Å². The molecule has 4 nitrogen and oxygen atoms in total. The maximum atomic E-state index is 14.5. The first-order valence-corrected chi connectivity index (χ1v) is 9.86. The molecule has 5 heteroatoms. The molecule has 1 heterocycles. The average molecular weight is 393 g/mol. The van der Waals surface area contributed by atoms with Crippen LogP contribution in [0, 0.1) is 11.7 Å². The molecule has 1 aliphatic rings. The number of piperidine rings is 1. The van der Waals surface area contributed by atoms with Crippen molar-refractivity contribution < 1.29 is 19.0 Å². The molecule has 1 aliphatic heterocycles. The molecule has 0 spiro atoms. The number of fused-ring (bicyclic) bond motifs is 1. The van der Waals surface area contributed by atoms with E-state index in [1.807, 2.05) is 18.2 Å². The van der Waals surface area contributed by atoms with Gasteiger partial charge >= 0.3 is 5.97 Å². The Morgan fingerprint density at radius 3 is 2.34 bits per heavy atom. The molecule has 0 aliphatic carbocycles. The first-order chi connectivity index (χ1) is 14.1. The Labute approximate surface area is 169 Å². The molecule has 1 saturated heterocycles. The van der Waals surface area contributed by atoms with Crippen molar-refractivity contribution in [2.75, 3.05) is 20.2 Å². The minimum absolute atomic E-state index is 0.144. The fourth-order valence-electron chi connectivity index (χ4n) is 4.25. The number of halogens is 1. The Hall–Kier alpha value is -2.92. The van der Waals surface area contributed by atoms with Crippen LogP contribution in [0.2, 0.25) is 0 Å². The number of benzene rings is 3. The molecular formula is C24H24FNO3. The summed E-state index contributed by atoms with van der Waals surface area (Å²) in [6, 6.07) is 19.4. The van der Waals surface area contributed by atoms with Gasteiger partial charge in [-0.25, -0.2) is 4.39 Å². The van der Waals surface area contributed by atoms with Crippen molar-refractivity contribution in [3.63, 3.8) is 0 Å². The zero-order valence-corrected chi connectivity index (χ0v) is 16.3. The Bertz CT molecular complexity index is 1030. The van der Waals surface area contributed by atoms with Crippen LogP contribution in [0.3, 0.4) is 0 Å². The Kier molecular flexibility index (Phi) is 5.49. The first-order valence-electron chi connectivity index (χ1n) is 9.86. The van der Waals surface area contributed by atoms with E-state index in [-0.39, 0.29) is 17.7 Å². The predicted octanol–water partition coefficient (Wildman–Crippen LogP) is 4.87. The highest BCUT2D eigenvalue weighted by Crippen LogP contribution is 2.35. The van der Waals surface area contributed by atoms with Crippen LogP contribution in [-0.4, -0.2) is 36.2 Å². The first kappa shape index (κ1) is 19.4. The molecule has 0 radical (unpaired) electrons. The van der Waals surface area contributed by atoms with Crippen molar-refractivity contribution in [3.8, 4) is 5.75 Å². The zero-order valence-electron chi connectivity index (χ0n) is 16.3. The largest absolute Gasteiger partial charge is 0.494 e. The zero-order chi connectivity index (χ0) is 20.4. The molecule has 0 amide bonds. The normalized spacial score (nSPS) is 16.6. The van der Waals surface area contributed by atoms with Crippen LogP contribution in [0.25, 0.3) is 10.8 Å². The lowest BCUT2D eigenvalue weighted by molar-refractivity contribution is -0.143. The maximum absolute atomic E-state index is 14.5. The Morgan fingerprint density at radius 1 is 1.03 bits per heavy atom. The second-order valence-electron chi connectivity index (χ2n) is 7.55. The summed E-state index contributed by atoms with van der Waals surface area (Å²) in [4.78, 5) is 13.6. The third-order valence-electron chi connectivity index (χ3n) is 5.82. The van der Waals surface area contributed by atoms with Gasteiger partial charge in [0.15, 0.2) is 11.6 Å². The number of nitrogens with zero attached hydrogens (tertiary/aromatic N) is 1. The molecule has 0 bridgehead atoms. The fraction of sp³-hybridized carbons (Fsp3) is 0.292. The van der Waals surface area contributed by atoms with Crippen molar-refractivity contribution in [2.45, 2.75) is 18.9 Å². The Balaban J connectivity index is 1.74. The molecule has 1 N–H and O–H groups in total. The second-order valence-corrected chi connectivity index (χ2v) is 7.55. The molecular weight excluding hydrogens is 369 g/mol. The number of likely N-dealkylation sites (tertiary alicyclic amines) is 1. The number of ether oxygens (including phenoxy) is 1. The smallest absolute Gasteiger partial charge is 0.306 e. The van der Waals surface area contributed by atoms with Gasteiger partial charge in [-0.2, -0.15) is 0 Å². The van der Waals surface area contributed by atoms with Crippen molar-refractivity contribution in [1.82, 2.24) is 4.90 Å². The molecule has 1 atom stereocenters. The maximum Gasteiger partial charge on any atom is 0.306 e. The minimum Gasteiger partial charge on any atom is -0.494 e. The lowest BCUT2D eigenvalue weighted by Crippen LogP contribution is -2.39. The third kappa shape index (κ3) is 3.96. The van der Waals surface area contributed by atoms with Crippen LogP contribution in [-0.2, 0) is 4.79 Å². The van der Waals surface area contributed by atoms with Gasteiger partial charge in [-0.3, -0.25) is 9.69 Å². The van der Waals surface area contributed by atoms with E-state index in [0.29, 0.717) is 25.9 Å². The second kappa shape index (κ2) is 8.21. The number of carboxylic acid groups (broad SMARTS) is 1. The minimum atomic E-state index is -0.734. The molecule has 3 aromatic rings. The molecule has 0 aromatic heterocycles. The number of aliphatic carboxylic acids is 1. The molecule has 150 valence electrons. The van der Waals surface area contributed by atoms with Gasteiger partial charge < -0.3 is 9.84 Å². The molecule has 3 aromatic carbocycles. The monoisotopic (exact) mass is 393 g/mol. The molecule has 0 saturated carbocycles. The topological polar surface area (TPSA) is 49.8 Å². The van der Waals surface area contributed by atoms with Gasteiger partial charge in [0.1, 0.15) is 0 Å². The van der Waals surface area contributed by atoms with Crippen molar-refractivity contribution in [2.24, 2.45) is 5.92 Å². The highest BCUT2D eigenvalue weighted by Gasteiger charge is 2.30. The van der Waals surface area contributed by atoms with E-state index in [0.717, 1.165) is 21.9 Å². The summed E-state index contributed by atoms with van der Waals surface area (Å²) in [7, 11) is 1.45. The van der Waals surface area contributed by atoms with E-state index >= 15 is 0 Å². The third-order valence-corrected chi connectivity index (χ3v) is 5.82. The van der Waals surface area contributed by atoms with Gasteiger partial charge in [-0.05, 0) is 66.0 Å². The number of carbonyl (C=O) groups is 1. The van der Waals surface area contributed by atoms with Gasteiger partial charge in [-0.1, -0.05) is 42.5 Å². The average Bonchev–Trinajstić information content (AvgIpc) is 2.74. The van der Waals surface area contributed by atoms with Gasteiger partial charge in [0.05, 0.1) is 19.1 Å². The van der Waals surface area contributed by atoms with E-state index in [4.69, 9.17) is 4.74 Å². The molecule has 1 fully saturated rings. The highest BCUT2D eigenvalue weighted by molar-refractivity contribution is 5.83.